The van der Waals surface area contributed by atoms with Gasteiger partial charge in [-0.1, -0.05) is 95.3 Å². The first-order valence-corrected chi connectivity index (χ1v) is 18.7. The smallest absolute Gasteiger partial charge is 0.408 e. The minimum absolute atomic E-state index is 0.0259. The monoisotopic (exact) mass is 586 g/mol. The maximum Gasteiger partial charge on any atom is 0.408 e. The Balaban J connectivity index is 2.43. The summed E-state index contributed by atoms with van der Waals surface area (Å²) >= 11 is 0. The van der Waals surface area contributed by atoms with Crippen LogP contribution in [0.2, 0.25) is 18.1 Å². The molecular weight excluding hydrogens is 535 g/mol. The molecule has 2 amide bonds. The van der Waals surface area contributed by atoms with Crippen LogP contribution in [0, 0.1) is 5.92 Å². The zero-order chi connectivity index (χ0) is 30.3. The fourth-order valence-electron chi connectivity index (χ4n) is 4.05. The van der Waals surface area contributed by atoms with Gasteiger partial charge in [0, 0.05) is 0 Å². The number of rotatable bonds is 11. The fourth-order valence-corrected chi connectivity index (χ4v) is 8.06. The van der Waals surface area contributed by atoms with Crippen LogP contribution in [-0.4, -0.2) is 50.3 Å². The van der Waals surface area contributed by atoms with Crippen molar-refractivity contribution >= 4 is 38.8 Å². The van der Waals surface area contributed by atoms with Gasteiger partial charge in [-0.05, 0) is 76.4 Å². The number of hydrogen-bond donors (Lipinski definition) is 2. The Kier molecular flexibility index (Phi) is 12.0. The molecule has 40 heavy (non-hydrogen) atoms. The lowest BCUT2D eigenvalue weighted by Crippen LogP contribution is -2.57. The van der Waals surface area contributed by atoms with Gasteiger partial charge in [0.05, 0.1) is 12.1 Å². The Morgan fingerprint density at radius 1 is 0.825 bits per heavy atom. The Hall–Kier alpha value is -2.21. The molecule has 2 rings (SSSR count). The molecule has 0 aliphatic heterocycles. The zero-order valence-corrected chi connectivity index (χ0v) is 28.3. The van der Waals surface area contributed by atoms with E-state index in [-0.39, 0.29) is 29.0 Å². The van der Waals surface area contributed by atoms with E-state index in [0.717, 1.165) is 0 Å². The van der Waals surface area contributed by atoms with Gasteiger partial charge in [0.2, 0.25) is 5.91 Å². The van der Waals surface area contributed by atoms with Gasteiger partial charge in [0.25, 0.3) is 0 Å². The number of ether oxygens (including phenoxy) is 1. The second kappa shape index (κ2) is 14.1. The Labute approximate surface area is 244 Å². The van der Waals surface area contributed by atoms with E-state index in [4.69, 9.17) is 9.16 Å². The highest BCUT2D eigenvalue weighted by Gasteiger charge is 2.41. The van der Waals surface area contributed by atoms with Gasteiger partial charge >= 0.3 is 6.09 Å². The summed E-state index contributed by atoms with van der Waals surface area (Å²) in [6, 6.07) is 20.0. The Bertz CT molecular complexity index is 1040. The minimum atomic E-state index is -2.13. The third kappa shape index (κ3) is 10.3. The molecule has 222 valence electrons. The van der Waals surface area contributed by atoms with Gasteiger partial charge in [0.1, 0.15) is 11.6 Å². The van der Waals surface area contributed by atoms with Crippen molar-refractivity contribution in [1.82, 2.24) is 10.6 Å². The molecule has 6 nitrogen and oxygen atoms in total. The molecule has 0 aliphatic rings. The third-order valence-corrected chi connectivity index (χ3v) is 14.5. The van der Waals surface area contributed by atoms with Crippen LogP contribution in [0.15, 0.2) is 60.7 Å². The zero-order valence-electron chi connectivity index (χ0n) is 26.4. The van der Waals surface area contributed by atoms with Gasteiger partial charge in [-0.2, -0.15) is 0 Å². The van der Waals surface area contributed by atoms with E-state index in [1.807, 2.05) is 46.8 Å². The number of carbonyl (C=O) groups excluding carboxylic acids is 2. The molecule has 0 heterocycles. The highest BCUT2D eigenvalue weighted by atomic mass is 31.1. The van der Waals surface area contributed by atoms with Crippen LogP contribution in [-0.2, 0) is 14.0 Å². The van der Waals surface area contributed by atoms with Crippen molar-refractivity contribution in [2.75, 3.05) is 6.16 Å². The van der Waals surface area contributed by atoms with E-state index in [1.165, 1.54) is 10.6 Å². The number of amides is 2. The van der Waals surface area contributed by atoms with E-state index in [9.17, 15) is 9.59 Å². The number of nitrogens with one attached hydrogen (secondary N) is 2. The molecule has 2 N–H and O–H groups in total. The first-order valence-electron chi connectivity index (χ1n) is 14.3. The molecule has 0 unspecified atom stereocenters. The Morgan fingerprint density at radius 2 is 1.30 bits per heavy atom. The van der Waals surface area contributed by atoms with Gasteiger partial charge in [0.15, 0.2) is 8.32 Å². The number of alkyl carbamates (subject to hydrolysis) is 1. The molecule has 2 aromatic rings. The van der Waals surface area contributed by atoms with Crippen molar-refractivity contribution in [2.24, 2.45) is 5.92 Å². The van der Waals surface area contributed by atoms with Gasteiger partial charge in [-0.15, -0.1) is 0 Å². The van der Waals surface area contributed by atoms with E-state index >= 15 is 0 Å². The van der Waals surface area contributed by atoms with Crippen LogP contribution in [0.3, 0.4) is 0 Å². The molecule has 0 fully saturated rings. The van der Waals surface area contributed by atoms with E-state index in [1.54, 1.807) is 0 Å². The quantitative estimate of drug-likeness (QED) is 0.231. The second-order valence-corrected chi connectivity index (χ2v) is 20.4. The number of hydrogen-bond acceptors (Lipinski definition) is 4. The van der Waals surface area contributed by atoms with Crippen LogP contribution < -0.4 is 21.2 Å². The number of benzene rings is 2. The standard InChI is InChI=1S/C32H51N2O4PSi/c1-23(2)28(34-30(36)37-31(4,5)6)29(35)33-27(24(3)38-40(10,11)32(7,8)9)22-39(25-18-14-12-15-19-25)26-20-16-13-17-21-26/h12-21,23-24,27-28H,22H2,1-11H3,(H,33,35)(H,34,36)/t24-,27-,28-/m0/s1. The van der Waals surface area contributed by atoms with Crippen molar-refractivity contribution < 1.29 is 18.8 Å². The van der Waals surface area contributed by atoms with Crippen molar-refractivity contribution in [1.29, 1.82) is 0 Å². The normalized spacial score (nSPS) is 14.9. The van der Waals surface area contributed by atoms with Gasteiger partial charge < -0.3 is 19.8 Å². The summed E-state index contributed by atoms with van der Waals surface area (Å²) in [4.78, 5) is 26.4. The minimum Gasteiger partial charge on any atom is -0.444 e. The summed E-state index contributed by atoms with van der Waals surface area (Å²) in [5, 5.41) is 8.64. The first-order chi connectivity index (χ1) is 18.4. The lowest BCUT2D eigenvalue weighted by atomic mass is 10.0. The van der Waals surface area contributed by atoms with Crippen molar-refractivity contribution in [3.63, 3.8) is 0 Å². The molecule has 0 radical (unpaired) electrons. The molecule has 3 atom stereocenters. The van der Waals surface area contributed by atoms with Crippen molar-refractivity contribution in [3.05, 3.63) is 60.7 Å². The molecule has 0 aromatic heterocycles. The average Bonchev–Trinajstić information content (AvgIpc) is 2.83. The van der Waals surface area contributed by atoms with Crippen LogP contribution in [0.1, 0.15) is 62.3 Å². The highest BCUT2D eigenvalue weighted by molar-refractivity contribution is 7.73. The molecule has 0 saturated heterocycles. The third-order valence-electron chi connectivity index (χ3n) is 7.32. The van der Waals surface area contributed by atoms with Gasteiger partial charge in [-0.25, -0.2) is 4.79 Å². The van der Waals surface area contributed by atoms with Crippen molar-refractivity contribution in [2.45, 2.75) is 104 Å². The molecule has 0 bridgehead atoms. The largest absolute Gasteiger partial charge is 0.444 e. The molecule has 8 heteroatoms. The SMILES string of the molecule is CC(C)[C@H](NC(=O)OC(C)(C)C)C(=O)N[C@@H](CP(c1ccccc1)c1ccccc1)[C@H](C)O[Si](C)(C)C(C)(C)C. The summed E-state index contributed by atoms with van der Waals surface area (Å²) in [5.41, 5.74) is -0.655. The molecule has 0 spiro atoms. The van der Waals surface area contributed by atoms with Crippen LogP contribution in [0.4, 0.5) is 4.79 Å². The maximum atomic E-state index is 13.8. The van der Waals surface area contributed by atoms with Crippen LogP contribution in [0.25, 0.3) is 0 Å². The van der Waals surface area contributed by atoms with E-state index in [2.05, 4.69) is 100.0 Å². The summed E-state index contributed by atoms with van der Waals surface area (Å²) in [6.07, 6.45) is -0.113. The number of carbonyl (C=O) groups is 2. The fraction of sp³-hybridized carbons (Fsp3) is 0.562. The maximum absolute atomic E-state index is 13.8. The summed E-state index contributed by atoms with van der Waals surface area (Å²) in [7, 11) is -2.91. The summed E-state index contributed by atoms with van der Waals surface area (Å²) in [6.45, 7) is 22.5. The summed E-state index contributed by atoms with van der Waals surface area (Å²) < 4.78 is 12.3. The van der Waals surface area contributed by atoms with Gasteiger partial charge in [-0.3, -0.25) is 4.79 Å². The lowest BCUT2D eigenvalue weighted by Gasteiger charge is -2.41. The molecular formula is C32H51N2O4PSi. The molecule has 2 aromatic carbocycles. The average molecular weight is 587 g/mol. The van der Waals surface area contributed by atoms with Crippen molar-refractivity contribution in [3.8, 4) is 0 Å². The Morgan fingerprint density at radius 3 is 1.70 bits per heavy atom. The second-order valence-electron chi connectivity index (χ2n) is 13.3. The summed E-state index contributed by atoms with van der Waals surface area (Å²) in [5.74, 6) is -0.359. The molecule has 0 saturated carbocycles. The van der Waals surface area contributed by atoms with Crippen LogP contribution >= 0.6 is 7.92 Å². The predicted octanol–water partition coefficient (Wildman–Crippen LogP) is 6.56. The lowest BCUT2D eigenvalue weighted by molar-refractivity contribution is -0.125. The van der Waals surface area contributed by atoms with E-state index in [0.29, 0.717) is 6.16 Å². The van der Waals surface area contributed by atoms with E-state index < -0.39 is 34.0 Å². The predicted molar refractivity (Wildman–Crippen MR) is 172 cm³/mol. The highest BCUT2D eigenvalue weighted by Crippen LogP contribution is 2.39. The topological polar surface area (TPSA) is 76.7 Å². The molecule has 0 aliphatic carbocycles. The first kappa shape index (κ1) is 34.0. The van der Waals surface area contributed by atoms with Crippen LogP contribution in [0.5, 0.6) is 0 Å².